The lowest BCUT2D eigenvalue weighted by Crippen LogP contribution is -2.37. The molecule has 2 aliphatic rings. The number of hydrogen-bond acceptors (Lipinski definition) is 5. The lowest BCUT2D eigenvalue weighted by molar-refractivity contribution is 0.410. The molecule has 3 aromatic heterocycles. The van der Waals surface area contributed by atoms with Crippen molar-refractivity contribution < 1.29 is 8.78 Å². The number of fused-ring (bicyclic) bond motifs is 2. The van der Waals surface area contributed by atoms with E-state index in [1.807, 2.05) is 12.1 Å². The Bertz CT molecular complexity index is 1470. The van der Waals surface area contributed by atoms with Crippen LogP contribution in [0.4, 0.5) is 8.78 Å². The summed E-state index contributed by atoms with van der Waals surface area (Å²) >= 11 is 0. The van der Waals surface area contributed by atoms with Gasteiger partial charge in [0.25, 0.3) is 0 Å². The van der Waals surface area contributed by atoms with E-state index in [1.165, 1.54) is 23.4 Å². The number of nitrogens with one attached hydrogen (secondary N) is 1. The lowest BCUT2D eigenvalue weighted by Gasteiger charge is -2.26. The number of benzene rings is 1. The third kappa shape index (κ3) is 3.38. The first-order chi connectivity index (χ1) is 16.3. The summed E-state index contributed by atoms with van der Waals surface area (Å²) in [6.45, 7) is 6.97. The topological polar surface area (TPSA) is 72.9 Å². The number of rotatable bonds is 5. The van der Waals surface area contributed by atoms with Crippen molar-refractivity contribution in [2.24, 2.45) is 0 Å². The number of imidazole rings is 1. The van der Waals surface area contributed by atoms with Crippen molar-refractivity contribution in [3.8, 4) is 22.6 Å². The maximum Gasteiger partial charge on any atom is 0.179 e. The molecule has 0 atom stereocenters. The Morgan fingerprint density at radius 1 is 1.06 bits per heavy atom. The number of nitrogens with zero attached hydrogens (tertiary/aromatic N) is 6. The van der Waals surface area contributed by atoms with Gasteiger partial charge in [0.2, 0.25) is 0 Å². The molecule has 1 N–H and O–H groups in total. The summed E-state index contributed by atoms with van der Waals surface area (Å²) in [5, 5.41) is 17.2. The highest BCUT2D eigenvalue weighted by Gasteiger charge is 2.31. The molecule has 0 saturated heterocycles. The summed E-state index contributed by atoms with van der Waals surface area (Å²) in [5.74, 6) is 0.307. The first-order valence-electron chi connectivity index (χ1n) is 11.6. The van der Waals surface area contributed by atoms with Crippen molar-refractivity contribution in [1.82, 2.24) is 34.7 Å². The van der Waals surface area contributed by atoms with Gasteiger partial charge in [0.15, 0.2) is 11.5 Å². The third-order valence-corrected chi connectivity index (χ3v) is 6.61. The number of halogens is 2. The normalized spacial score (nSPS) is 15.1. The minimum absolute atomic E-state index is 0.262. The predicted molar refractivity (Wildman–Crippen MR) is 124 cm³/mol. The summed E-state index contributed by atoms with van der Waals surface area (Å²) in [7, 11) is 0. The molecule has 1 aliphatic heterocycles. The monoisotopic (exact) mass is 461 g/mol. The zero-order valence-corrected chi connectivity index (χ0v) is 19.4. The second-order valence-corrected chi connectivity index (χ2v) is 9.60. The van der Waals surface area contributed by atoms with E-state index in [0.29, 0.717) is 22.9 Å². The van der Waals surface area contributed by atoms with Gasteiger partial charge in [-0.25, -0.2) is 13.8 Å². The van der Waals surface area contributed by atoms with E-state index in [2.05, 4.69) is 40.9 Å². The van der Waals surface area contributed by atoms with E-state index in [1.54, 1.807) is 4.52 Å². The molecule has 0 radical (unpaired) electrons. The Hall–Kier alpha value is -3.62. The van der Waals surface area contributed by atoms with Crippen LogP contribution in [0, 0.1) is 11.6 Å². The average molecular weight is 462 g/mol. The molecular weight excluding hydrogens is 436 g/mol. The van der Waals surface area contributed by atoms with Crippen LogP contribution in [-0.4, -0.2) is 29.4 Å². The Labute approximate surface area is 195 Å². The highest BCUT2D eigenvalue weighted by molar-refractivity contribution is 5.78. The average Bonchev–Trinajstić information content (AvgIpc) is 3.23. The van der Waals surface area contributed by atoms with Crippen LogP contribution in [0.25, 0.3) is 28.3 Å². The summed E-state index contributed by atoms with van der Waals surface area (Å²) in [5.41, 5.74) is 4.81. The fourth-order valence-electron chi connectivity index (χ4n) is 4.81. The van der Waals surface area contributed by atoms with Crippen LogP contribution in [0.5, 0.6) is 0 Å². The van der Waals surface area contributed by atoms with Crippen molar-refractivity contribution in [1.29, 1.82) is 0 Å². The van der Waals surface area contributed by atoms with Crippen molar-refractivity contribution in [3.63, 3.8) is 0 Å². The molecule has 4 aromatic rings. The number of allylic oxidation sites excluding steroid dienone is 2. The third-order valence-electron chi connectivity index (χ3n) is 6.61. The van der Waals surface area contributed by atoms with E-state index < -0.39 is 17.2 Å². The van der Waals surface area contributed by atoms with Crippen LogP contribution in [-0.2, 0) is 18.5 Å². The molecule has 7 nitrogen and oxygen atoms in total. The van der Waals surface area contributed by atoms with Gasteiger partial charge in [0, 0.05) is 30.3 Å². The lowest BCUT2D eigenvalue weighted by atomic mass is 10.0. The second-order valence-electron chi connectivity index (χ2n) is 9.60. The fourth-order valence-corrected chi connectivity index (χ4v) is 4.81. The molecule has 1 saturated carbocycles. The zero-order chi connectivity index (χ0) is 23.6. The van der Waals surface area contributed by atoms with Crippen LogP contribution in [0.3, 0.4) is 0 Å². The van der Waals surface area contributed by atoms with Gasteiger partial charge in [-0.2, -0.15) is 9.61 Å². The molecule has 0 unspecified atom stereocenters. The maximum atomic E-state index is 14.8. The highest BCUT2D eigenvalue weighted by atomic mass is 19.1. The van der Waals surface area contributed by atoms with Gasteiger partial charge < -0.3 is 9.88 Å². The quantitative estimate of drug-likeness (QED) is 0.463. The van der Waals surface area contributed by atoms with Gasteiger partial charge in [-0.1, -0.05) is 5.57 Å². The minimum Gasteiger partial charge on any atom is -0.377 e. The Balaban J connectivity index is 1.50. The van der Waals surface area contributed by atoms with Crippen LogP contribution < -0.4 is 5.32 Å². The van der Waals surface area contributed by atoms with Crippen LogP contribution in [0.15, 0.2) is 41.6 Å². The molecule has 174 valence electrons. The van der Waals surface area contributed by atoms with Crippen LogP contribution >= 0.6 is 0 Å². The number of aryl methyl sites for hydroxylation is 1. The molecule has 0 spiro atoms. The SMILES string of the molecule is CC(NC(C)(C)c1nnc2ccc(-c3c(-c4ccc(F)cc4F)nc4n3CCC4)nn12)=C1CC1. The molecular formula is C25H25F2N7. The summed E-state index contributed by atoms with van der Waals surface area (Å²) < 4.78 is 32.2. The van der Waals surface area contributed by atoms with E-state index in [-0.39, 0.29) is 5.56 Å². The van der Waals surface area contributed by atoms with E-state index >= 15 is 0 Å². The maximum absolute atomic E-state index is 14.8. The van der Waals surface area contributed by atoms with Crippen molar-refractivity contribution in [3.05, 3.63) is 64.9 Å². The molecule has 0 bridgehead atoms. The van der Waals surface area contributed by atoms with E-state index in [4.69, 9.17) is 10.1 Å². The molecule has 0 amide bonds. The van der Waals surface area contributed by atoms with Gasteiger partial charge >= 0.3 is 0 Å². The standard InChI is InChI=1S/C25H25F2N7/c1-14(15-6-7-15)29-25(2,3)24-31-30-21-11-10-19(32-34(21)24)23-22(28-20-5-4-12-33(20)23)17-9-8-16(26)13-18(17)27/h8-11,13,29H,4-7,12H2,1-3H3. The van der Waals surface area contributed by atoms with E-state index in [0.717, 1.165) is 49.8 Å². The predicted octanol–water partition coefficient (Wildman–Crippen LogP) is 4.77. The molecule has 1 fully saturated rings. The summed E-state index contributed by atoms with van der Waals surface area (Å²) in [4.78, 5) is 4.73. The van der Waals surface area contributed by atoms with Gasteiger partial charge in [-0.15, -0.1) is 10.2 Å². The van der Waals surface area contributed by atoms with Gasteiger partial charge in [0.05, 0.1) is 11.2 Å². The Morgan fingerprint density at radius 3 is 2.65 bits per heavy atom. The Morgan fingerprint density at radius 2 is 1.88 bits per heavy atom. The van der Waals surface area contributed by atoms with Crippen LogP contribution in [0.1, 0.15) is 51.7 Å². The van der Waals surface area contributed by atoms with Gasteiger partial charge in [-0.3, -0.25) is 0 Å². The first kappa shape index (κ1) is 20.9. The van der Waals surface area contributed by atoms with Crippen LogP contribution in [0.2, 0.25) is 0 Å². The first-order valence-corrected chi connectivity index (χ1v) is 11.6. The van der Waals surface area contributed by atoms with Crippen molar-refractivity contribution >= 4 is 5.65 Å². The molecule has 1 aliphatic carbocycles. The Kier molecular flexibility index (Phi) is 4.59. The van der Waals surface area contributed by atoms with Gasteiger partial charge in [-0.05, 0) is 64.3 Å². The molecule has 9 heteroatoms. The van der Waals surface area contributed by atoms with Crippen molar-refractivity contribution in [2.45, 2.75) is 58.5 Å². The molecule has 34 heavy (non-hydrogen) atoms. The smallest absolute Gasteiger partial charge is 0.179 e. The summed E-state index contributed by atoms with van der Waals surface area (Å²) in [6.07, 6.45) is 4.03. The van der Waals surface area contributed by atoms with E-state index in [9.17, 15) is 8.78 Å². The second kappa shape index (κ2) is 7.44. The molecule has 6 rings (SSSR count). The fraction of sp³-hybridized carbons (Fsp3) is 0.360. The largest absolute Gasteiger partial charge is 0.377 e. The van der Waals surface area contributed by atoms with Gasteiger partial charge in [0.1, 0.15) is 28.8 Å². The number of aromatic nitrogens is 6. The van der Waals surface area contributed by atoms with Crippen molar-refractivity contribution in [2.75, 3.05) is 0 Å². The zero-order valence-electron chi connectivity index (χ0n) is 19.4. The minimum atomic E-state index is -0.641. The number of hydrogen-bond donors (Lipinski definition) is 1. The summed E-state index contributed by atoms with van der Waals surface area (Å²) in [6, 6.07) is 7.31. The highest BCUT2D eigenvalue weighted by Crippen LogP contribution is 2.37. The molecule has 1 aromatic carbocycles. The molecule has 4 heterocycles.